The van der Waals surface area contributed by atoms with Gasteiger partial charge in [0, 0.05) is 5.92 Å². The van der Waals surface area contributed by atoms with Gasteiger partial charge < -0.3 is 14.6 Å². The number of aliphatic hydroxyl groups is 1. The van der Waals surface area contributed by atoms with Gasteiger partial charge in [0.2, 0.25) is 0 Å². The molecule has 1 heterocycles. The van der Waals surface area contributed by atoms with Crippen molar-refractivity contribution in [3.63, 3.8) is 0 Å². The molecule has 0 aromatic rings. The van der Waals surface area contributed by atoms with Gasteiger partial charge in [-0.15, -0.1) is 0 Å². The summed E-state index contributed by atoms with van der Waals surface area (Å²) in [4.78, 5) is 0. The van der Waals surface area contributed by atoms with E-state index in [1.165, 1.54) is 57.8 Å². The van der Waals surface area contributed by atoms with Crippen LogP contribution in [0, 0.1) is 5.92 Å². The summed E-state index contributed by atoms with van der Waals surface area (Å²) in [5.41, 5.74) is 0. The Hall–Kier alpha value is -0.120. The van der Waals surface area contributed by atoms with Gasteiger partial charge in [-0.3, -0.25) is 0 Å². The Morgan fingerprint density at radius 2 is 1.16 bits per heavy atom. The highest BCUT2D eigenvalue weighted by atomic mass is 16.7. The molecule has 4 atom stereocenters. The summed E-state index contributed by atoms with van der Waals surface area (Å²) >= 11 is 0. The first-order valence-electron chi connectivity index (χ1n) is 11.2. The highest BCUT2D eigenvalue weighted by Crippen LogP contribution is 2.32. The van der Waals surface area contributed by atoms with E-state index in [2.05, 4.69) is 20.8 Å². The van der Waals surface area contributed by atoms with Crippen molar-refractivity contribution < 1.29 is 14.6 Å². The Bertz CT molecular complexity index is 295. The third-order valence-electron chi connectivity index (χ3n) is 5.49. The maximum atomic E-state index is 10.5. The molecule has 1 aliphatic rings. The zero-order valence-corrected chi connectivity index (χ0v) is 17.2. The lowest BCUT2D eigenvalue weighted by atomic mass is 9.90. The normalized spacial score (nSPS) is 26.9. The first-order chi connectivity index (χ1) is 12.2. The van der Waals surface area contributed by atoms with Crippen LogP contribution in [0.3, 0.4) is 0 Å². The van der Waals surface area contributed by atoms with Crippen molar-refractivity contribution in [2.24, 2.45) is 5.92 Å². The van der Waals surface area contributed by atoms with Crippen molar-refractivity contribution in [1.29, 1.82) is 0 Å². The average molecular weight is 357 g/mol. The monoisotopic (exact) mass is 356 g/mol. The van der Waals surface area contributed by atoms with Crippen molar-refractivity contribution in [2.75, 3.05) is 0 Å². The van der Waals surface area contributed by atoms with Crippen LogP contribution in [0.2, 0.25) is 0 Å². The van der Waals surface area contributed by atoms with Crippen LogP contribution in [0.15, 0.2) is 0 Å². The van der Waals surface area contributed by atoms with Crippen molar-refractivity contribution in [2.45, 2.75) is 136 Å². The van der Waals surface area contributed by atoms with Gasteiger partial charge in [-0.2, -0.15) is 0 Å². The van der Waals surface area contributed by atoms with E-state index >= 15 is 0 Å². The molecule has 150 valence electrons. The Morgan fingerprint density at radius 3 is 1.84 bits per heavy atom. The van der Waals surface area contributed by atoms with Crippen LogP contribution in [0.1, 0.15) is 117 Å². The first kappa shape index (κ1) is 22.9. The third kappa shape index (κ3) is 9.96. The number of ether oxygens (including phenoxy) is 2. The minimum atomic E-state index is -0.638. The molecule has 0 bridgehead atoms. The van der Waals surface area contributed by atoms with Crippen molar-refractivity contribution >= 4 is 0 Å². The van der Waals surface area contributed by atoms with Crippen molar-refractivity contribution in [3.8, 4) is 0 Å². The van der Waals surface area contributed by atoms with Gasteiger partial charge in [-0.25, -0.2) is 0 Å². The number of hydrogen-bond acceptors (Lipinski definition) is 3. The molecule has 1 aliphatic heterocycles. The topological polar surface area (TPSA) is 38.7 Å². The molecular formula is C22H44O3. The molecule has 1 fully saturated rings. The molecule has 3 nitrogen and oxygen atoms in total. The zero-order chi connectivity index (χ0) is 18.3. The molecule has 0 amide bonds. The molecule has 0 saturated carbocycles. The first-order valence-corrected chi connectivity index (χ1v) is 11.2. The van der Waals surface area contributed by atoms with E-state index in [4.69, 9.17) is 9.47 Å². The zero-order valence-electron chi connectivity index (χ0n) is 17.2. The summed E-state index contributed by atoms with van der Waals surface area (Å²) in [5, 5.41) is 10.5. The summed E-state index contributed by atoms with van der Waals surface area (Å²) < 4.78 is 12.1. The molecule has 1 saturated heterocycles. The molecule has 1 rings (SSSR count). The largest absolute Gasteiger partial charge is 0.368 e. The molecule has 0 radical (unpaired) electrons. The highest BCUT2D eigenvalue weighted by Gasteiger charge is 2.37. The van der Waals surface area contributed by atoms with Gasteiger partial charge in [0.1, 0.15) is 0 Å². The molecule has 0 aromatic heterocycles. The maximum Gasteiger partial charge on any atom is 0.162 e. The van der Waals surface area contributed by atoms with Crippen LogP contribution in [-0.2, 0) is 9.47 Å². The molecule has 1 N–H and O–H groups in total. The van der Waals surface area contributed by atoms with Gasteiger partial charge in [0.25, 0.3) is 0 Å². The summed E-state index contributed by atoms with van der Waals surface area (Å²) in [6.07, 6.45) is 17.4. The van der Waals surface area contributed by atoms with Crippen LogP contribution in [0.4, 0.5) is 0 Å². The minimum absolute atomic E-state index is 0.155. The predicted molar refractivity (Wildman–Crippen MR) is 106 cm³/mol. The molecule has 4 unspecified atom stereocenters. The van der Waals surface area contributed by atoms with E-state index in [9.17, 15) is 5.11 Å². The van der Waals surface area contributed by atoms with E-state index in [-0.39, 0.29) is 18.3 Å². The quantitative estimate of drug-likeness (QED) is 0.337. The molecule has 25 heavy (non-hydrogen) atoms. The summed E-state index contributed by atoms with van der Waals surface area (Å²) in [6.45, 7) is 6.69. The second-order valence-electron chi connectivity index (χ2n) is 7.84. The van der Waals surface area contributed by atoms with Crippen LogP contribution in [-0.4, -0.2) is 23.8 Å². The molecule has 0 aromatic carbocycles. The van der Waals surface area contributed by atoms with Crippen LogP contribution in [0.25, 0.3) is 0 Å². The standard InChI is InChI=1S/C22H44O3/c1-4-7-10-11-12-13-15-18-21-24-20(17-14-8-5-2)19(16-9-6-3)22(23)25-21/h19-23H,4-18H2,1-3H3. The molecule has 0 spiro atoms. The Kier molecular flexibility index (Phi) is 13.7. The van der Waals surface area contributed by atoms with E-state index in [0.717, 1.165) is 38.5 Å². The lowest BCUT2D eigenvalue weighted by Gasteiger charge is -2.40. The number of aliphatic hydroxyl groups excluding tert-OH is 1. The van der Waals surface area contributed by atoms with Crippen molar-refractivity contribution in [1.82, 2.24) is 0 Å². The number of rotatable bonds is 15. The van der Waals surface area contributed by atoms with Gasteiger partial charge >= 0.3 is 0 Å². The van der Waals surface area contributed by atoms with E-state index < -0.39 is 6.29 Å². The maximum absolute atomic E-state index is 10.5. The Morgan fingerprint density at radius 1 is 0.600 bits per heavy atom. The minimum Gasteiger partial charge on any atom is -0.368 e. The van der Waals surface area contributed by atoms with Crippen LogP contribution < -0.4 is 0 Å². The van der Waals surface area contributed by atoms with Gasteiger partial charge in [0.05, 0.1) is 6.10 Å². The van der Waals surface area contributed by atoms with E-state index in [1.54, 1.807) is 0 Å². The molecule has 3 heteroatoms. The number of unbranched alkanes of at least 4 members (excludes halogenated alkanes) is 9. The predicted octanol–water partition coefficient (Wildman–Crippen LogP) is 6.57. The fourth-order valence-corrected chi connectivity index (χ4v) is 3.82. The van der Waals surface area contributed by atoms with Crippen LogP contribution in [0.5, 0.6) is 0 Å². The Labute approximate surface area is 156 Å². The third-order valence-corrected chi connectivity index (χ3v) is 5.49. The number of hydrogen-bond donors (Lipinski definition) is 1. The Balaban J connectivity index is 2.33. The van der Waals surface area contributed by atoms with Gasteiger partial charge in [0.15, 0.2) is 12.6 Å². The van der Waals surface area contributed by atoms with Gasteiger partial charge in [-0.1, -0.05) is 91.4 Å². The lowest BCUT2D eigenvalue weighted by Crippen LogP contribution is -2.46. The SMILES string of the molecule is CCCCCCCCCC1OC(O)C(CCCC)C(CCCCC)O1. The molecule has 0 aliphatic carbocycles. The highest BCUT2D eigenvalue weighted by molar-refractivity contribution is 4.78. The smallest absolute Gasteiger partial charge is 0.162 e. The van der Waals surface area contributed by atoms with E-state index in [0.29, 0.717) is 0 Å². The van der Waals surface area contributed by atoms with E-state index in [1.807, 2.05) is 0 Å². The second-order valence-corrected chi connectivity index (χ2v) is 7.84. The molecular weight excluding hydrogens is 312 g/mol. The lowest BCUT2D eigenvalue weighted by molar-refractivity contribution is -0.324. The van der Waals surface area contributed by atoms with Gasteiger partial charge in [-0.05, 0) is 25.7 Å². The second kappa shape index (κ2) is 15.0. The summed E-state index contributed by atoms with van der Waals surface area (Å²) in [5.74, 6) is 0.155. The van der Waals surface area contributed by atoms with Crippen molar-refractivity contribution in [3.05, 3.63) is 0 Å². The average Bonchev–Trinajstić information content (AvgIpc) is 2.60. The summed E-state index contributed by atoms with van der Waals surface area (Å²) in [6, 6.07) is 0. The summed E-state index contributed by atoms with van der Waals surface area (Å²) in [7, 11) is 0. The fraction of sp³-hybridized carbons (Fsp3) is 1.00. The van der Waals surface area contributed by atoms with Crippen LogP contribution >= 0.6 is 0 Å². The fourth-order valence-electron chi connectivity index (χ4n) is 3.82.